The number of piperazine rings is 1. The molecule has 1 amide bonds. The van der Waals surface area contributed by atoms with Gasteiger partial charge in [-0.1, -0.05) is 24.3 Å². The lowest BCUT2D eigenvalue weighted by Crippen LogP contribution is -2.48. The third-order valence-electron chi connectivity index (χ3n) is 5.81. The Morgan fingerprint density at radius 3 is 2.63 bits per heavy atom. The Morgan fingerprint density at radius 1 is 1.07 bits per heavy atom. The van der Waals surface area contributed by atoms with Gasteiger partial charge in [0.2, 0.25) is 5.91 Å². The number of benzene rings is 2. The number of hydrogen-bond acceptors (Lipinski definition) is 4. The summed E-state index contributed by atoms with van der Waals surface area (Å²) < 4.78 is 2.34. The van der Waals surface area contributed by atoms with E-state index >= 15 is 0 Å². The lowest BCUT2D eigenvalue weighted by Gasteiger charge is -2.34. The first-order chi connectivity index (χ1) is 14.7. The van der Waals surface area contributed by atoms with Gasteiger partial charge >= 0.3 is 0 Å². The van der Waals surface area contributed by atoms with Crippen LogP contribution in [0.2, 0.25) is 0 Å². The van der Waals surface area contributed by atoms with Gasteiger partial charge in [-0.05, 0) is 36.8 Å². The van der Waals surface area contributed by atoms with E-state index in [0.29, 0.717) is 0 Å². The van der Waals surface area contributed by atoms with Crippen LogP contribution in [-0.4, -0.2) is 46.5 Å². The molecule has 1 saturated heterocycles. The van der Waals surface area contributed by atoms with Gasteiger partial charge in [0.05, 0.1) is 0 Å². The van der Waals surface area contributed by atoms with Crippen molar-refractivity contribution in [3.8, 4) is 0 Å². The summed E-state index contributed by atoms with van der Waals surface area (Å²) in [5.41, 5.74) is 3.54. The third-order valence-corrected chi connectivity index (χ3v) is 6.64. The number of amides is 1. The van der Waals surface area contributed by atoms with Crippen LogP contribution in [0.3, 0.4) is 0 Å². The van der Waals surface area contributed by atoms with Gasteiger partial charge in [0.25, 0.3) is 0 Å². The number of carbonyl (C=O) groups is 1. The van der Waals surface area contributed by atoms with Gasteiger partial charge in [0, 0.05) is 72.2 Å². The van der Waals surface area contributed by atoms with Crippen LogP contribution in [0, 0.1) is 0 Å². The molecule has 0 N–H and O–H groups in total. The first kappa shape index (κ1) is 18.9. The number of rotatable bonds is 4. The van der Waals surface area contributed by atoms with Crippen molar-refractivity contribution in [3.05, 3.63) is 65.7 Å². The zero-order chi connectivity index (χ0) is 20.5. The fourth-order valence-electron chi connectivity index (χ4n) is 4.28. The maximum atomic E-state index is 12.7. The largest absolute Gasteiger partial charge is 0.345 e. The van der Waals surface area contributed by atoms with Crippen LogP contribution < -0.4 is 4.90 Å². The number of thiazole rings is 1. The molecule has 0 unspecified atom stereocenters. The Kier molecular flexibility index (Phi) is 5.01. The molecule has 0 saturated carbocycles. The Hall–Kier alpha value is -3.12. The maximum absolute atomic E-state index is 12.7. The molecular weight excluding hydrogens is 392 g/mol. The molecule has 3 heterocycles. The summed E-state index contributed by atoms with van der Waals surface area (Å²) in [6.45, 7) is 6.22. The Bertz CT molecular complexity index is 1220. The van der Waals surface area contributed by atoms with Gasteiger partial charge in [-0.15, -0.1) is 11.3 Å². The molecule has 30 heavy (non-hydrogen) atoms. The van der Waals surface area contributed by atoms with E-state index in [2.05, 4.69) is 63.8 Å². The number of hydrogen-bond donors (Lipinski definition) is 0. The van der Waals surface area contributed by atoms with E-state index in [1.807, 2.05) is 22.6 Å². The molecule has 2 aromatic heterocycles. The first-order valence-electron chi connectivity index (χ1n) is 10.4. The highest BCUT2D eigenvalue weighted by molar-refractivity contribution is 7.13. The summed E-state index contributed by atoms with van der Waals surface area (Å²) in [5, 5.41) is 5.52. The Morgan fingerprint density at radius 2 is 1.87 bits per heavy atom. The first-order valence-corrected chi connectivity index (χ1v) is 11.2. The van der Waals surface area contributed by atoms with E-state index in [-0.39, 0.29) is 5.91 Å². The van der Waals surface area contributed by atoms with Crippen LogP contribution in [0.5, 0.6) is 0 Å². The molecule has 2 aromatic carbocycles. The molecular formula is C24H24N4OS. The van der Waals surface area contributed by atoms with E-state index in [0.717, 1.165) is 43.4 Å². The lowest BCUT2D eigenvalue weighted by atomic mass is 10.1. The van der Waals surface area contributed by atoms with Gasteiger partial charge in [-0.3, -0.25) is 4.79 Å². The van der Waals surface area contributed by atoms with Gasteiger partial charge in [-0.2, -0.15) is 0 Å². The van der Waals surface area contributed by atoms with Crippen LogP contribution in [0.15, 0.2) is 60.1 Å². The van der Waals surface area contributed by atoms with Crippen molar-refractivity contribution >= 4 is 50.3 Å². The van der Waals surface area contributed by atoms with Crippen LogP contribution in [0.4, 0.5) is 5.13 Å². The molecule has 0 spiro atoms. The smallest absolute Gasteiger partial charge is 0.246 e. The van der Waals surface area contributed by atoms with Crippen LogP contribution in [0.1, 0.15) is 12.5 Å². The van der Waals surface area contributed by atoms with E-state index in [1.165, 1.54) is 21.8 Å². The number of fused-ring (bicyclic) bond motifs is 3. The summed E-state index contributed by atoms with van der Waals surface area (Å²) in [5.74, 6) is 0.0740. The number of aromatic nitrogens is 2. The van der Waals surface area contributed by atoms with Gasteiger partial charge < -0.3 is 14.4 Å². The lowest BCUT2D eigenvalue weighted by molar-refractivity contribution is -0.126. The molecule has 0 radical (unpaired) electrons. The minimum Gasteiger partial charge on any atom is -0.345 e. The van der Waals surface area contributed by atoms with Crippen molar-refractivity contribution in [2.75, 3.05) is 31.1 Å². The average molecular weight is 417 g/mol. The van der Waals surface area contributed by atoms with E-state index in [4.69, 9.17) is 0 Å². The van der Waals surface area contributed by atoms with Crippen molar-refractivity contribution < 1.29 is 4.79 Å². The minimum absolute atomic E-state index is 0.0740. The predicted octanol–water partition coefficient (Wildman–Crippen LogP) is 4.63. The molecule has 0 bridgehead atoms. The zero-order valence-corrected chi connectivity index (χ0v) is 17.8. The summed E-state index contributed by atoms with van der Waals surface area (Å²) in [6, 6.07) is 15.0. The number of anilines is 1. The molecule has 5 rings (SSSR count). The maximum Gasteiger partial charge on any atom is 0.246 e. The van der Waals surface area contributed by atoms with E-state index < -0.39 is 0 Å². The second-order valence-electron chi connectivity index (χ2n) is 7.50. The highest BCUT2D eigenvalue weighted by Crippen LogP contribution is 2.30. The molecule has 5 nitrogen and oxygen atoms in total. The molecule has 1 aliphatic rings. The number of para-hydroxylation sites is 1. The topological polar surface area (TPSA) is 41.4 Å². The second-order valence-corrected chi connectivity index (χ2v) is 8.37. The highest BCUT2D eigenvalue weighted by Gasteiger charge is 2.21. The Labute approximate surface area is 179 Å². The fraction of sp³-hybridized carbons (Fsp3) is 0.250. The molecule has 6 heteroatoms. The number of carbonyl (C=O) groups excluding carboxylic acids is 1. The molecule has 0 atom stereocenters. The van der Waals surface area contributed by atoms with E-state index in [9.17, 15) is 4.79 Å². The van der Waals surface area contributed by atoms with Crippen molar-refractivity contribution in [2.45, 2.75) is 13.5 Å². The number of nitrogens with zero attached hydrogens (tertiary/aromatic N) is 4. The van der Waals surface area contributed by atoms with Crippen LogP contribution in [-0.2, 0) is 11.3 Å². The second kappa shape index (κ2) is 7.95. The number of aryl methyl sites for hydroxylation is 1. The van der Waals surface area contributed by atoms with Crippen LogP contribution >= 0.6 is 11.3 Å². The van der Waals surface area contributed by atoms with Gasteiger partial charge in [0.15, 0.2) is 5.13 Å². The third kappa shape index (κ3) is 3.37. The SMILES string of the molecule is CCn1c2ccccc2c2cc(/C=C/C(=O)N3CCN(c4nccs4)CC3)ccc21. The van der Waals surface area contributed by atoms with Crippen molar-refractivity contribution in [3.63, 3.8) is 0 Å². The molecule has 1 fully saturated rings. The minimum atomic E-state index is 0.0740. The fourth-order valence-corrected chi connectivity index (χ4v) is 4.98. The molecule has 0 aliphatic carbocycles. The van der Waals surface area contributed by atoms with Crippen LogP contribution in [0.25, 0.3) is 27.9 Å². The highest BCUT2D eigenvalue weighted by atomic mass is 32.1. The molecule has 152 valence electrons. The van der Waals surface area contributed by atoms with Gasteiger partial charge in [0.1, 0.15) is 0 Å². The summed E-state index contributed by atoms with van der Waals surface area (Å²) in [4.78, 5) is 21.2. The summed E-state index contributed by atoms with van der Waals surface area (Å²) >= 11 is 1.65. The normalized spacial score (nSPS) is 15.0. The van der Waals surface area contributed by atoms with Crippen molar-refractivity contribution in [1.29, 1.82) is 0 Å². The van der Waals surface area contributed by atoms with E-state index in [1.54, 1.807) is 17.4 Å². The van der Waals surface area contributed by atoms with Crippen molar-refractivity contribution in [2.24, 2.45) is 0 Å². The molecule has 4 aromatic rings. The average Bonchev–Trinajstić information content (AvgIpc) is 3.44. The van der Waals surface area contributed by atoms with Gasteiger partial charge in [-0.25, -0.2) is 4.98 Å². The quantitative estimate of drug-likeness (QED) is 0.456. The standard InChI is InChI=1S/C24H24N4OS/c1-2-28-21-6-4-3-5-19(21)20-17-18(7-9-22(20)28)8-10-23(29)26-12-14-27(15-13-26)24-25-11-16-30-24/h3-11,16-17H,2,12-15H2,1H3/b10-8+. The Balaban J connectivity index is 1.33. The van der Waals surface area contributed by atoms with Crippen molar-refractivity contribution in [1.82, 2.24) is 14.5 Å². The zero-order valence-electron chi connectivity index (χ0n) is 17.0. The summed E-state index contributed by atoms with van der Waals surface area (Å²) in [7, 11) is 0. The monoisotopic (exact) mass is 416 g/mol. The summed E-state index contributed by atoms with van der Waals surface area (Å²) in [6.07, 6.45) is 5.47. The molecule has 1 aliphatic heterocycles. The predicted molar refractivity (Wildman–Crippen MR) is 125 cm³/mol.